The van der Waals surface area contributed by atoms with Gasteiger partial charge in [0.25, 0.3) is 10.1 Å². The average Bonchev–Trinajstić information content (AvgIpc) is 2.33. The molecule has 0 spiro atoms. The highest BCUT2D eigenvalue weighted by Gasteiger charge is 2.02. The van der Waals surface area contributed by atoms with E-state index in [1.165, 1.54) is 0 Å². The van der Waals surface area contributed by atoms with Gasteiger partial charge >= 0.3 is 0 Å². The lowest BCUT2D eigenvalue weighted by Crippen LogP contribution is -2.06. The van der Waals surface area contributed by atoms with Crippen LogP contribution in [0.5, 0.6) is 0 Å². The molecule has 0 radical (unpaired) electrons. The summed E-state index contributed by atoms with van der Waals surface area (Å²) in [5, 5.41) is 4.07. The third-order valence-electron chi connectivity index (χ3n) is 1.42. The Labute approximate surface area is 77.4 Å². The Balaban J connectivity index is 2.36. The van der Waals surface area contributed by atoms with Gasteiger partial charge in [-0.05, 0) is 6.07 Å². The van der Waals surface area contributed by atoms with Gasteiger partial charge in [-0.1, -0.05) is 0 Å². The van der Waals surface area contributed by atoms with Crippen molar-refractivity contribution in [3.8, 4) is 0 Å². The molecule has 0 aliphatic rings. The first-order valence-corrected chi connectivity index (χ1v) is 5.62. The van der Waals surface area contributed by atoms with Crippen LogP contribution in [0.15, 0.2) is 12.3 Å². The highest BCUT2D eigenvalue weighted by Crippen LogP contribution is 1.97. The molecule has 1 aromatic rings. The third kappa shape index (κ3) is 4.05. The van der Waals surface area contributed by atoms with E-state index in [2.05, 4.69) is 9.28 Å². The first kappa shape index (κ1) is 10.2. The Morgan fingerprint density at radius 3 is 2.77 bits per heavy atom. The summed E-state index contributed by atoms with van der Waals surface area (Å²) in [6, 6.07) is 1.83. The minimum Gasteiger partial charge on any atom is -0.276 e. The van der Waals surface area contributed by atoms with Crippen LogP contribution in [0.1, 0.15) is 5.69 Å². The molecule has 0 aromatic carbocycles. The molecule has 0 N–H and O–H groups in total. The summed E-state index contributed by atoms with van der Waals surface area (Å²) >= 11 is 0. The second kappa shape index (κ2) is 3.89. The van der Waals surface area contributed by atoms with Crippen molar-refractivity contribution < 1.29 is 12.6 Å². The monoisotopic (exact) mass is 204 g/mol. The number of hydrogen-bond acceptors (Lipinski definition) is 4. The second-order valence-electron chi connectivity index (χ2n) is 2.76. The number of aromatic nitrogens is 2. The number of nitrogens with zero attached hydrogens (tertiary/aromatic N) is 2. The molecule has 0 fully saturated rings. The van der Waals surface area contributed by atoms with Crippen LogP contribution < -0.4 is 0 Å². The van der Waals surface area contributed by atoms with Crippen molar-refractivity contribution in [3.63, 3.8) is 0 Å². The molecule has 0 aliphatic carbocycles. The molecule has 1 rings (SSSR count). The summed E-state index contributed by atoms with van der Waals surface area (Å²) in [4.78, 5) is 0. The van der Waals surface area contributed by atoms with E-state index in [0.29, 0.717) is 6.42 Å². The Morgan fingerprint density at radius 2 is 2.31 bits per heavy atom. The molecule has 13 heavy (non-hydrogen) atoms. The van der Waals surface area contributed by atoms with E-state index >= 15 is 0 Å². The summed E-state index contributed by atoms with van der Waals surface area (Å²) in [7, 11) is -1.52. The van der Waals surface area contributed by atoms with Gasteiger partial charge in [0.1, 0.15) is 0 Å². The fraction of sp³-hybridized carbons (Fsp3) is 0.571. The first-order chi connectivity index (χ1) is 5.97. The number of rotatable bonds is 4. The summed E-state index contributed by atoms with van der Waals surface area (Å²) in [5.74, 6) is 0. The Hall–Kier alpha value is -0.880. The fourth-order valence-electron chi connectivity index (χ4n) is 0.894. The molecule has 0 amide bonds. The molecule has 0 saturated heterocycles. The first-order valence-electron chi connectivity index (χ1n) is 3.80. The van der Waals surface area contributed by atoms with Gasteiger partial charge in [0, 0.05) is 19.7 Å². The van der Waals surface area contributed by atoms with E-state index in [1.807, 2.05) is 6.07 Å². The number of aryl methyl sites for hydroxylation is 1. The van der Waals surface area contributed by atoms with Gasteiger partial charge in [-0.3, -0.25) is 8.86 Å². The maximum absolute atomic E-state index is 10.6. The van der Waals surface area contributed by atoms with Crippen molar-refractivity contribution in [2.75, 3.05) is 12.9 Å². The van der Waals surface area contributed by atoms with Crippen LogP contribution in [0.3, 0.4) is 0 Å². The van der Waals surface area contributed by atoms with Crippen molar-refractivity contribution in [1.82, 2.24) is 9.78 Å². The van der Waals surface area contributed by atoms with Gasteiger partial charge < -0.3 is 0 Å². The molecule has 0 saturated carbocycles. The minimum absolute atomic E-state index is 0.149. The topological polar surface area (TPSA) is 61.2 Å². The quantitative estimate of drug-likeness (QED) is 0.644. The molecule has 74 valence electrons. The van der Waals surface area contributed by atoms with Gasteiger partial charge in [0.15, 0.2) is 0 Å². The fourth-order valence-corrected chi connectivity index (χ4v) is 1.28. The van der Waals surface area contributed by atoms with Crippen molar-refractivity contribution >= 4 is 10.1 Å². The van der Waals surface area contributed by atoms with E-state index in [0.717, 1.165) is 11.9 Å². The summed E-state index contributed by atoms with van der Waals surface area (Å²) in [6.45, 7) is 0.149. The van der Waals surface area contributed by atoms with Crippen LogP contribution in [0.2, 0.25) is 0 Å². The Bertz CT molecular complexity index is 369. The Morgan fingerprint density at radius 1 is 1.62 bits per heavy atom. The van der Waals surface area contributed by atoms with Crippen LogP contribution in [0.25, 0.3) is 0 Å². The van der Waals surface area contributed by atoms with E-state index in [-0.39, 0.29) is 6.61 Å². The second-order valence-corrected chi connectivity index (χ2v) is 4.40. The zero-order valence-electron chi connectivity index (χ0n) is 7.60. The predicted octanol–water partition coefficient (Wildman–Crippen LogP) is -0.0612. The van der Waals surface area contributed by atoms with Gasteiger partial charge in [0.2, 0.25) is 0 Å². The highest BCUT2D eigenvalue weighted by molar-refractivity contribution is 7.85. The van der Waals surface area contributed by atoms with Crippen molar-refractivity contribution in [3.05, 3.63) is 18.0 Å². The molecule has 5 nitrogen and oxygen atoms in total. The van der Waals surface area contributed by atoms with E-state index in [4.69, 9.17) is 0 Å². The van der Waals surface area contributed by atoms with Crippen LogP contribution in [0.4, 0.5) is 0 Å². The van der Waals surface area contributed by atoms with Gasteiger partial charge in [-0.15, -0.1) is 0 Å². The molecular formula is C7H12N2O3S. The van der Waals surface area contributed by atoms with Crippen LogP contribution in [-0.2, 0) is 27.8 Å². The molecular weight excluding hydrogens is 192 g/mol. The smallest absolute Gasteiger partial charge is 0.264 e. The molecule has 0 unspecified atom stereocenters. The SMILES string of the molecule is Cn1ccc(CCOS(C)(=O)=O)n1. The highest BCUT2D eigenvalue weighted by atomic mass is 32.2. The standard InChI is InChI=1S/C7H12N2O3S/c1-9-5-3-7(8-9)4-6-12-13(2,10)11/h3,5H,4,6H2,1-2H3. The van der Waals surface area contributed by atoms with Gasteiger partial charge in [0.05, 0.1) is 18.6 Å². The molecule has 1 aromatic heterocycles. The van der Waals surface area contributed by atoms with E-state index in [1.54, 1.807) is 17.9 Å². The van der Waals surface area contributed by atoms with Crippen molar-refractivity contribution in [1.29, 1.82) is 0 Å². The maximum atomic E-state index is 10.6. The lowest BCUT2D eigenvalue weighted by atomic mass is 10.3. The lowest BCUT2D eigenvalue weighted by Gasteiger charge is -1.97. The summed E-state index contributed by atoms with van der Waals surface area (Å²) < 4.78 is 27.4. The lowest BCUT2D eigenvalue weighted by molar-refractivity contribution is 0.324. The molecule has 1 heterocycles. The Kier molecular flexibility index (Phi) is 3.05. The largest absolute Gasteiger partial charge is 0.276 e. The van der Waals surface area contributed by atoms with Crippen LogP contribution >= 0.6 is 0 Å². The minimum atomic E-state index is -3.32. The maximum Gasteiger partial charge on any atom is 0.264 e. The molecule has 0 atom stereocenters. The predicted molar refractivity (Wildman–Crippen MR) is 47.7 cm³/mol. The van der Waals surface area contributed by atoms with Crippen molar-refractivity contribution in [2.24, 2.45) is 7.05 Å². The normalized spacial score (nSPS) is 11.8. The van der Waals surface area contributed by atoms with Crippen molar-refractivity contribution in [2.45, 2.75) is 6.42 Å². The molecule has 0 aliphatic heterocycles. The number of hydrogen-bond donors (Lipinski definition) is 0. The molecule has 6 heteroatoms. The van der Waals surface area contributed by atoms with Crippen LogP contribution in [-0.4, -0.2) is 31.1 Å². The van der Waals surface area contributed by atoms with E-state index in [9.17, 15) is 8.42 Å². The van der Waals surface area contributed by atoms with Gasteiger partial charge in [-0.25, -0.2) is 0 Å². The van der Waals surface area contributed by atoms with Gasteiger partial charge in [-0.2, -0.15) is 13.5 Å². The zero-order valence-corrected chi connectivity index (χ0v) is 8.41. The summed E-state index contributed by atoms with van der Waals surface area (Å²) in [6.07, 6.45) is 3.34. The van der Waals surface area contributed by atoms with E-state index < -0.39 is 10.1 Å². The zero-order chi connectivity index (χ0) is 9.90. The third-order valence-corrected chi connectivity index (χ3v) is 2.02. The summed E-state index contributed by atoms with van der Waals surface area (Å²) in [5.41, 5.74) is 0.825. The molecule has 0 bridgehead atoms. The average molecular weight is 204 g/mol. The van der Waals surface area contributed by atoms with Crippen LogP contribution in [0, 0.1) is 0 Å².